The van der Waals surface area contributed by atoms with E-state index in [2.05, 4.69) is 10.3 Å². The third kappa shape index (κ3) is 2.45. The Kier molecular flexibility index (Phi) is 3.06. The van der Waals surface area contributed by atoms with Crippen molar-refractivity contribution in [1.29, 1.82) is 0 Å². The molecule has 4 heteroatoms. The molecule has 0 aliphatic rings. The predicted molar refractivity (Wildman–Crippen MR) is 54.7 cm³/mol. The number of nitrogens with zero attached hydrogens (tertiary/aromatic N) is 1. The summed E-state index contributed by atoms with van der Waals surface area (Å²) in [7, 11) is 0. The Balaban J connectivity index is 2.94. The van der Waals surface area contributed by atoms with Gasteiger partial charge in [0, 0.05) is 12.2 Å². The number of anilines is 1. The number of aromatic nitrogens is 1. The van der Waals surface area contributed by atoms with E-state index >= 15 is 0 Å². The minimum Gasteiger partial charge on any atom is -0.478 e. The van der Waals surface area contributed by atoms with Gasteiger partial charge >= 0.3 is 5.97 Å². The van der Waals surface area contributed by atoms with Gasteiger partial charge < -0.3 is 10.4 Å². The first-order valence-corrected chi connectivity index (χ1v) is 4.47. The maximum atomic E-state index is 10.7. The second-order valence-electron chi connectivity index (χ2n) is 3.49. The van der Waals surface area contributed by atoms with Gasteiger partial charge in [0.1, 0.15) is 5.82 Å². The molecule has 1 rings (SSSR count). The molecule has 1 aromatic rings. The van der Waals surface area contributed by atoms with E-state index in [1.807, 2.05) is 13.8 Å². The van der Waals surface area contributed by atoms with Crippen LogP contribution in [0.15, 0.2) is 12.3 Å². The Bertz CT molecular complexity index is 348. The zero-order valence-corrected chi connectivity index (χ0v) is 8.53. The highest BCUT2D eigenvalue weighted by Crippen LogP contribution is 2.12. The molecule has 4 nitrogen and oxygen atoms in total. The first-order chi connectivity index (χ1) is 6.50. The molecular formula is C10H14N2O2. The van der Waals surface area contributed by atoms with Crippen LogP contribution in [0, 0.1) is 6.92 Å². The molecule has 14 heavy (non-hydrogen) atoms. The topological polar surface area (TPSA) is 62.2 Å². The molecule has 0 bridgehead atoms. The fraction of sp³-hybridized carbons (Fsp3) is 0.400. The molecule has 0 unspecified atom stereocenters. The predicted octanol–water partition coefficient (Wildman–Crippen LogP) is 1.91. The van der Waals surface area contributed by atoms with Crippen molar-refractivity contribution in [3.8, 4) is 0 Å². The molecule has 76 valence electrons. The number of nitrogens with one attached hydrogen (secondary N) is 1. The van der Waals surface area contributed by atoms with Crippen LogP contribution in [-0.4, -0.2) is 22.1 Å². The zero-order chi connectivity index (χ0) is 10.7. The van der Waals surface area contributed by atoms with Crippen molar-refractivity contribution in [2.45, 2.75) is 26.8 Å². The van der Waals surface area contributed by atoms with Gasteiger partial charge in [-0.15, -0.1) is 0 Å². The smallest absolute Gasteiger partial charge is 0.337 e. The highest BCUT2D eigenvalue weighted by Gasteiger charge is 2.08. The van der Waals surface area contributed by atoms with Crippen LogP contribution in [0.4, 0.5) is 5.82 Å². The van der Waals surface area contributed by atoms with Crippen LogP contribution in [-0.2, 0) is 0 Å². The third-order valence-electron chi connectivity index (χ3n) is 1.78. The molecular weight excluding hydrogens is 180 g/mol. The third-order valence-corrected chi connectivity index (χ3v) is 1.78. The van der Waals surface area contributed by atoms with Crippen LogP contribution < -0.4 is 5.32 Å². The summed E-state index contributed by atoms with van der Waals surface area (Å²) in [5.74, 6) is -0.228. The van der Waals surface area contributed by atoms with Crippen LogP contribution >= 0.6 is 0 Å². The first kappa shape index (κ1) is 10.5. The lowest BCUT2D eigenvalue weighted by Crippen LogP contribution is -2.12. The molecule has 0 fully saturated rings. The average Bonchev–Trinajstić information content (AvgIpc) is 2.01. The lowest BCUT2D eigenvalue weighted by atomic mass is 10.1. The second-order valence-corrected chi connectivity index (χ2v) is 3.49. The van der Waals surface area contributed by atoms with E-state index in [1.54, 1.807) is 13.0 Å². The van der Waals surface area contributed by atoms with Crippen molar-refractivity contribution in [3.63, 3.8) is 0 Å². The van der Waals surface area contributed by atoms with Gasteiger partial charge in [0.15, 0.2) is 0 Å². The van der Waals surface area contributed by atoms with Crippen molar-refractivity contribution < 1.29 is 9.90 Å². The largest absolute Gasteiger partial charge is 0.478 e. The molecule has 0 saturated carbocycles. The molecule has 0 amide bonds. The maximum absolute atomic E-state index is 10.7. The lowest BCUT2D eigenvalue weighted by Gasteiger charge is -2.10. The first-order valence-electron chi connectivity index (χ1n) is 4.47. The Hall–Kier alpha value is -1.58. The summed E-state index contributed by atoms with van der Waals surface area (Å²) in [5.41, 5.74) is 0.968. The molecule has 0 spiro atoms. The average molecular weight is 194 g/mol. The van der Waals surface area contributed by atoms with Crippen LogP contribution in [0.1, 0.15) is 29.8 Å². The lowest BCUT2D eigenvalue weighted by molar-refractivity contribution is 0.0695. The maximum Gasteiger partial charge on any atom is 0.337 e. The molecule has 1 heterocycles. The zero-order valence-electron chi connectivity index (χ0n) is 8.53. The van der Waals surface area contributed by atoms with Crippen LogP contribution in [0.25, 0.3) is 0 Å². The summed E-state index contributed by atoms with van der Waals surface area (Å²) >= 11 is 0. The fourth-order valence-corrected chi connectivity index (χ4v) is 1.15. The van der Waals surface area contributed by atoms with Crippen molar-refractivity contribution in [2.24, 2.45) is 0 Å². The van der Waals surface area contributed by atoms with Gasteiger partial charge in [0.05, 0.1) is 5.56 Å². The van der Waals surface area contributed by atoms with E-state index in [0.717, 1.165) is 5.56 Å². The number of rotatable bonds is 3. The summed E-state index contributed by atoms with van der Waals surface area (Å²) in [6.45, 7) is 5.76. The van der Waals surface area contributed by atoms with E-state index in [0.29, 0.717) is 5.82 Å². The monoisotopic (exact) mass is 194 g/mol. The normalized spacial score (nSPS) is 10.3. The van der Waals surface area contributed by atoms with Crippen molar-refractivity contribution >= 4 is 11.8 Å². The van der Waals surface area contributed by atoms with E-state index in [9.17, 15) is 4.79 Å². The Morgan fingerprint density at radius 2 is 2.21 bits per heavy atom. The highest BCUT2D eigenvalue weighted by molar-refractivity contribution is 5.89. The van der Waals surface area contributed by atoms with Gasteiger partial charge in [-0.3, -0.25) is 0 Å². The summed E-state index contributed by atoms with van der Waals surface area (Å²) in [5, 5.41) is 11.9. The minimum absolute atomic E-state index is 0.249. The van der Waals surface area contributed by atoms with Crippen molar-refractivity contribution in [3.05, 3.63) is 23.4 Å². The quantitative estimate of drug-likeness (QED) is 0.771. The SMILES string of the molecule is Cc1cc(NC(C)C)ncc1C(=O)O. The molecule has 0 aliphatic heterocycles. The van der Waals surface area contributed by atoms with Crippen LogP contribution in [0.3, 0.4) is 0 Å². The standard InChI is InChI=1S/C10H14N2O2/c1-6(2)12-9-4-7(3)8(5-11-9)10(13)14/h4-6H,1-3H3,(H,11,12)(H,13,14). The van der Waals surface area contributed by atoms with Crippen molar-refractivity contribution in [2.75, 3.05) is 5.32 Å². The van der Waals surface area contributed by atoms with Gasteiger partial charge in [-0.25, -0.2) is 9.78 Å². The highest BCUT2D eigenvalue weighted by atomic mass is 16.4. The van der Waals surface area contributed by atoms with E-state index in [1.165, 1.54) is 6.20 Å². The van der Waals surface area contributed by atoms with Gasteiger partial charge in [0.2, 0.25) is 0 Å². The Morgan fingerprint density at radius 1 is 1.57 bits per heavy atom. The molecule has 0 atom stereocenters. The summed E-state index contributed by atoms with van der Waals surface area (Å²) in [6, 6.07) is 2.03. The number of pyridine rings is 1. The van der Waals surface area contributed by atoms with Gasteiger partial charge in [0.25, 0.3) is 0 Å². The minimum atomic E-state index is -0.939. The second kappa shape index (κ2) is 4.09. The number of carboxylic acids is 1. The summed E-state index contributed by atoms with van der Waals surface area (Å²) in [4.78, 5) is 14.7. The Labute approximate surface area is 83.0 Å². The fourth-order valence-electron chi connectivity index (χ4n) is 1.15. The number of aryl methyl sites for hydroxylation is 1. The molecule has 0 aromatic carbocycles. The van der Waals surface area contributed by atoms with Gasteiger partial charge in [-0.05, 0) is 32.4 Å². The molecule has 2 N–H and O–H groups in total. The summed E-state index contributed by atoms with van der Waals surface area (Å²) in [6.07, 6.45) is 1.38. The molecule has 1 aromatic heterocycles. The van der Waals surface area contributed by atoms with E-state index in [4.69, 9.17) is 5.11 Å². The Morgan fingerprint density at radius 3 is 2.64 bits per heavy atom. The number of aromatic carboxylic acids is 1. The number of hydrogen-bond donors (Lipinski definition) is 2. The number of carbonyl (C=O) groups is 1. The van der Waals surface area contributed by atoms with Gasteiger partial charge in [-0.1, -0.05) is 0 Å². The molecule has 0 radical (unpaired) electrons. The van der Waals surface area contributed by atoms with Crippen LogP contribution in [0.2, 0.25) is 0 Å². The number of hydrogen-bond acceptors (Lipinski definition) is 3. The molecule has 0 aliphatic carbocycles. The summed E-state index contributed by atoms with van der Waals surface area (Å²) < 4.78 is 0. The van der Waals surface area contributed by atoms with Crippen molar-refractivity contribution in [1.82, 2.24) is 4.98 Å². The number of carboxylic acid groups (broad SMARTS) is 1. The van der Waals surface area contributed by atoms with E-state index < -0.39 is 5.97 Å². The van der Waals surface area contributed by atoms with Crippen LogP contribution in [0.5, 0.6) is 0 Å². The van der Waals surface area contributed by atoms with E-state index in [-0.39, 0.29) is 11.6 Å². The van der Waals surface area contributed by atoms with Gasteiger partial charge in [-0.2, -0.15) is 0 Å². The molecule has 0 saturated heterocycles.